The Labute approximate surface area is 146 Å². The number of halogens is 3. The molecule has 2 aromatic rings. The van der Waals surface area contributed by atoms with Gasteiger partial charge in [0.1, 0.15) is 6.17 Å². The molecule has 12 heteroatoms. The van der Waals surface area contributed by atoms with E-state index in [-0.39, 0.29) is 18.7 Å². The van der Waals surface area contributed by atoms with E-state index in [9.17, 15) is 26.4 Å². The molecule has 1 aromatic heterocycles. The standard InChI is InChI=1S/C14H14F3N5O3S/c15-8-3-9(6-21-7-13(14(18)23)19-20-21)22(5-8)26(24,25)10-1-2-11(16)12(17)4-10/h1-2,4,7-9H,3,5-6H2,(H2,18,23)/t8-,9-/m0/s1. The largest absolute Gasteiger partial charge is 0.364 e. The van der Waals surface area contributed by atoms with Gasteiger partial charge in [0.2, 0.25) is 10.0 Å². The average molecular weight is 389 g/mol. The van der Waals surface area contributed by atoms with Gasteiger partial charge in [0.15, 0.2) is 17.3 Å². The molecular weight excluding hydrogens is 375 g/mol. The smallest absolute Gasteiger partial charge is 0.270 e. The number of hydrogen-bond acceptors (Lipinski definition) is 5. The van der Waals surface area contributed by atoms with Crippen LogP contribution >= 0.6 is 0 Å². The first-order valence-corrected chi connectivity index (χ1v) is 8.93. The van der Waals surface area contributed by atoms with E-state index in [4.69, 9.17) is 5.73 Å². The predicted octanol–water partition coefficient (Wildman–Crippen LogP) is 0.456. The number of nitrogens with zero attached hydrogens (tertiary/aromatic N) is 4. The molecule has 0 radical (unpaired) electrons. The molecule has 2 N–H and O–H groups in total. The fourth-order valence-electron chi connectivity index (χ4n) is 2.78. The van der Waals surface area contributed by atoms with Crippen molar-refractivity contribution < 1.29 is 26.4 Å². The van der Waals surface area contributed by atoms with Gasteiger partial charge in [-0.05, 0) is 24.6 Å². The molecule has 1 amide bonds. The van der Waals surface area contributed by atoms with Gasteiger partial charge in [-0.3, -0.25) is 9.48 Å². The third-order valence-corrected chi connectivity index (χ3v) is 5.91. The van der Waals surface area contributed by atoms with Crippen LogP contribution in [0, 0.1) is 11.6 Å². The molecule has 0 spiro atoms. The summed E-state index contributed by atoms with van der Waals surface area (Å²) in [6.45, 7) is -0.507. The number of primary amides is 1. The van der Waals surface area contributed by atoms with Gasteiger partial charge in [0.05, 0.1) is 17.6 Å². The maximum absolute atomic E-state index is 13.9. The van der Waals surface area contributed by atoms with Crippen molar-refractivity contribution in [2.75, 3.05) is 6.54 Å². The Kier molecular flexibility index (Phi) is 4.71. The van der Waals surface area contributed by atoms with Crippen molar-refractivity contribution in [3.63, 3.8) is 0 Å². The van der Waals surface area contributed by atoms with Crippen LogP contribution in [-0.4, -0.2) is 52.4 Å². The first-order valence-electron chi connectivity index (χ1n) is 7.49. The second-order valence-electron chi connectivity index (χ2n) is 5.83. The summed E-state index contributed by atoms with van der Waals surface area (Å²) in [4.78, 5) is 10.6. The fourth-order valence-corrected chi connectivity index (χ4v) is 4.45. The number of carbonyl (C=O) groups is 1. The van der Waals surface area contributed by atoms with Crippen LogP contribution in [0.5, 0.6) is 0 Å². The topological polar surface area (TPSA) is 111 Å². The molecule has 2 heterocycles. The predicted molar refractivity (Wildman–Crippen MR) is 82.1 cm³/mol. The van der Waals surface area contributed by atoms with Crippen LogP contribution < -0.4 is 5.73 Å². The maximum Gasteiger partial charge on any atom is 0.270 e. The molecule has 0 bridgehead atoms. The normalized spacial score (nSPS) is 21.2. The monoisotopic (exact) mass is 389 g/mol. The Bertz CT molecular complexity index is 949. The number of rotatable bonds is 5. The Balaban J connectivity index is 1.88. The molecule has 1 saturated heterocycles. The summed E-state index contributed by atoms with van der Waals surface area (Å²) in [7, 11) is -4.26. The summed E-state index contributed by atoms with van der Waals surface area (Å²) >= 11 is 0. The van der Waals surface area contributed by atoms with Gasteiger partial charge >= 0.3 is 0 Å². The van der Waals surface area contributed by atoms with Crippen LogP contribution in [0.3, 0.4) is 0 Å². The van der Waals surface area contributed by atoms with Crippen molar-refractivity contribution in [2.24, 2.45) is 5.73 Å². The SMILES string of the molecule is NC(=O)c1cn(C[C@@H]2C[C@H](F)CN2S(=O)(=O)c2ccc(F)c(F)c2)nn1. The summed E-state index contributed by atoms with van der Waals surface area (Å²) in [5.74, 6) is -3.31. The average Bonchev–Trinajstić information content (AvgIpc) is 3.17. The lowest BCUT2D eigenvalue weighted by Crippen LogP contribution is -2.38. The Morgan fingerprint density at radius 1 is 1.31 bits per heavy atom. The van der Waals surface area contributed by atoms with E-state index in [0.29, 0.717) is 12.1 Å². The van der Waals surface area contributed by atoms with Crippen molar-refractivity contribution in [3.8, 4) is 0 Å². The summed E-state index contributed by atoms with van der Waals surface area (Å²) in [5, 5.41) is 7.18. The lowest BCUT2D eigenvalue weighted by Gasteiger charge is -2.23. The number of nitrogens with two attached hydrogens (primary N) is 1. The third kappa shape index (κ3) is 3.42. The van der Waals surface area contributed by atoms with E-state index in [1.807, 2.05) is 0 Å². The van der Waals surface area contributed by atoms with Crippen LogP contribution in [0.4, 0.5) is 13.2 Å². The minimum absolute atomic E-state index is 0.0798. The van der Waals surface area contributed by atoms with Crippen molar-refractivity contribution in [2.45, 2.75) is 30.1 Å². The number of carbonyl (C=O) groups excluding carboxylic acids is 1. The van der Waals surface area contributed by atoms with Gasteiger partial charge in [-0.1, -0.05) is 5.21 Å². The molecule has 0 aliphatic carbocycles. The summed E-state index contributed by atoms with van der Waals surface area (Å²) < 4.78 is 67.8. The van der Waals surface area contributed by atoms with Crippen LogP contribution in [0.25, 0.3) is 0 Å². The van der Waals surface area contributed by atoms with Gasteiger partial charge in [-0.15, -0.1) is 5.10 Å². The zero-order valence-corrected chi connectivity index (χ0v) is 14.0. The molecular formula is C14H14F3N5O3S. The number of benzene rings is 1. The number of amides is 1. The van der Waals surface area contributed by atoms with Crippen LogP contribution in [-0.2, 0) is 16.6 Å². The van der Waals surface area contributed by atoms with Crippen LogP contribution in [0.15, 0.2) is 29.3 Å². The minimum atomic E-state index is -4.26. The van der Waals surface area contributed by atoms with Gasteiger partial charge in [-0.25, -0.2) is 21.6 Å². The Hall–Kier alpha value is -2.47. The van der Waals surface area contributed by atoms with Gasteiger partial charge in [0.25, 0.3) is 5.91 Å². The fraction of sp³-hybridized carbons (Fsp3) is 0.357. The molecule has 0 unspecified atom stereocenters. The first-order chi connectivity index (χ1) is 12.2. The highest BCUT2D eigenvalue weighted by atomic mass is 32.2. The Morgan fingerprint density at radius 2 is 2.04 bits per heavy atom. The zero-order valence-electron chi connectivity index (χ0n) is 13.2. The molecule has 2 atom stereocenters. The second kappa shape index (κ2) is 6.68. The summed E-state index contributed by atoms with van der Waals surface area (Å²) in [6, 6.07) is 1.31. The highest BCUT2D eigenvalue weighted by Crippen LogP contribution is 2.29. The van der Waals surface area contributed by atoms with E-state index in [2.05, 4.69) is 10.3 Å². The van der Waals surface area contributed by atoms with Crippen molar-refractivity contribution in [1.82, 2.24) is 19.3 Å². The van der Waals surface area contributed by atoms with E-state index < -0.39 is 51.2 Å². The van der Waals surface area contributed by atoms with Crippen LogP contribution in [0.2, 0.25) is 0 Å². The van der Waals surface area contributed by atoms with Gasteiger partial charge in [0, 0.05) is 12.6 Å². The second-order valence-corrected chi connectivity index (χ2v) is 7.72. The molecule has 1 aromatic carbocycles. The molecule has 3 rings (SSSR count). The highest BCUT2D eigenvalue weighted by Gasteiger charge is 2.41. The number of hydrogen-bond donors (Lipinski definition) is 1. The molecule has 140 valence electrons. The van der Waals surface area contributed by atoms with Gasteiger partial charge < -0.3 is 5.73 Å². The van der Waals surface area contributed by atoms with E-state index in [1.54, 1.807) is 0 Å². The molecule has 1 fully saturated rings. The Morgan fingerprint density at radius 3 is 2.65 bits per heavy atom. The van der Waals surface area contributed by atoms with Crippen molar-refractivity contribution >= 4 is 15.9 Å². The first kappa shape index (κ1) is 18.3. The molecule has 1 aliphatic heterocycles. The van der Waals surface area contributed by atoms with Crippen LogP contribution in [0.1, 0.15) is 16.9 Å². The highest BCUT2D eigenvalue weighted by molar-refractivity contribution is 7.89. The molecule has 8 nitrogen and oxygen atoms in total. The molecule has 26 heavy (non-hydrogen) atoms. The lowest BCUT2D eigenvalue weighted by atomic mass is 10.2. The maximum atomic E-state index is 13.9. The van der Waals surface area contributed by atoms with Gasteiger partial charge in [-0.2, -0.15) is 4.31 Å². The van der Waals surface area contributed by atoms with E-state index in [0.717, 1.165) is 10.4 Å². The minimum Gasteiger partial charge on any atom is -0.364 e. The third-order valence-electron chi connectivity index (χ3n) is 4.00. The summed E-state index contributed by atoms with van der Waals surface area (Å²) in [6.07, 6.45) is -0.329. The van der Waals surface area contributed by atoms with E-state index >= 15 is 0 Å². The number of sulfonamides is 1. The lowest BCUT2D eigenvalue weighted by molar-refractivity contribution is 0.0995. The molecule has 0 saturated carbocycles. The van der Waals surface area contributed by atoms with E-state index in [1.165, 1.54) is 10.9 Å². The zero-order chi connectivity index (χ0) is 19.1. The van der Waals surface area contributed by atoms with Crippen molar-refractivity contribution in [1.29, 1.82) is 0 Å². The molecule has 1 aliphatic rings. The number of alkyl halides is 1. The number of aromatic nitrogens is 3. The van der Waals surface area contributed by atoms with Crippen molar-refractivity contribution in [3.05, 3.63) is 41.7 Å². The summed E-state index contributed by atoms with van der Waals surface area (Å²) in [5.41, 5.74) is 4.95. The quantitative estimate of drug-likeness (QED) is 0.799.